The number of nitrogens with one attached hydrogen (secondary N) is 2. The average molecular weight is 313 g/mol. The number of nitrogens with zero attached hydrogens (tertiary/aromatic N) is 1. The molecule has 6 heteroatoms. The van der Waals surface area contributed by atoms with Gasteiger partial charge in [0.2, 0.25) is 10.0 Å². The molecule has 1 aromatic carbocycles. The van der Waals surface area contributed by atoms with Crippen molar-refractivity contribution in [2.45, 2.75) is 37.8 Å². The Morgan fingerprint density at radius 3 is 2.38 bits per heavy atom. The lowest BCUT2D eigenvalue weighted by molar-refractivity contribution is 0.199. The molecule has 0 aliphatic carbocycles. The third-order valence-corrected chi connectivity index (χ3v) is 5.30. The highest BCUT2D eigenvalue weighted by Gasteiger charge is 2.24. The van der Waals surface area contributed by atoms with E-state index < -0.39 is 10.0 Å². The SMILES string of the molecule is CNCc1cc(S(=O)(=O)NCC(C)(C)N(C)C)ccc1C. The van der Waals surface area contributed by atoms with Crippen molar-refractivity contribution < 1.29 is 8.42 Å². The summed E-state index contributed by atoms with van der Waals surface area (Å²) < 4.78 is 27.5. The van der Waals surface area contributed by atoms with Gasteiger partial charge in [-0.2, -0.15) is 0 Å². The largest absolute Gasteiger partial charge is 0.316 e. The van der Waals surface area contributed by atoms with Crippen molar-refractivity contribution in [1.82, 2.24) is 14.9 Å². The van der Waals surface area contributed by atoms with E-state index in [2.05, 4.69) is 10.0 Å². The van der Waals surface area contributed by atoms with Crippen molar-refractivity contribution in [3.8, 4) is 0 Å². The van der Waals surface area contributed by atoms with Crippen LogP contribution in [0.2, 0.25) is 0 Å². The van der Waals surface area contributed by atoms with Crippen LogP contribution in [0, 0.1) is 6.92 Å². The van der Waals surface area contributed by atoms with Crippen LogP contribution in [-0.4, -0.2) is 46.5 Å². The number of hydrogen-bond acceptors (Lipinski definition) is 4. The van der Waals surface area contributed by atoms with Crippen molar-refractivity contribution >= 4 is 10.0 Å². The van der Waals surface area contributed by atoms with E-state index in [-0.39, 0.29) is 5.54 Å². The highest BCUT2D eigenvalue weighted by molar-refractivity contribution is 7.89. The van der Waals surface area contributed by atoms with Crippen molar-refractivity contribution in [2.75, 3.05) is 27.7 Å². The minimum atomic E-state index is -3.49. The second-order valence-electron chi connectivity index (χ2n) is 6.15. The van der Waals surface area contributed by atoms with Crippen LogP contribution in [0.4, 0.5) is 0 Å². The summed E-state index contributed by atoms with van der Waals surface area (Å²) in [6, 6.07) is 5.23. The second-order valence-corrected chi connectivity index (χ2v) is 7.92. The van der Waals surface area contributed by atoms with Crippen LogP contribution in [0.1, 0.15) is 25.0 Å². The number of likely N-dealkylation sites (N-methyl/N-ethyl adjacent to an activating group) is 1. The third kappa shape index (κ3) is 4.78. The Morgan fingerprint density at radius 1 is 1.24 bits per heavy atom. The van der Waals surface area contributed by atoms with Crippen LogP contribution in [-0.2, 0) is 16.6 Å². The zero-order valence-electron chi connectivity index (χ0n) is 13.8. The molecule has 120 valence electrons. The number of hydrogen-bond donors (Lipinski definition) is 2. The molecule has 1 rings (SSSR count). The normalized spacial score (nSPS) is 12.9. The fourth-order valence-electron chi connectivity index (χ4n) is 1.71. The first-order chi connectivity index (χ1) is 9.60. The molecule has 0 spiro atoms. The molecule has 0 saturated carbocycles. The standard InChI is InChI=1S/C15H27N3O2S/c1-12-7-8-14(9-13(12)10-16-4)21(19,20)17-11-15(2,3)18(5)6/h7-9,16-17H,10-11H2,1-6H3. The summed E-state index contributed by atoms with van der Waals surface area (Å²) in [7, 11) is 2.23. The minimum Gasteiger partial charge on any atom is -0.316 e. The Labute approximate surface area is 128 Å². The topological polar surface area (TPSA) is 61.4 Å². The molecule has 0 radical (unpaired) electrons. The van der Waals surface area contributed by atoms with Crippen molar-refractivity contribution in [2.24, 2.45) is 0 Å². The molecule has 0 unspecified atom stereocenters. The van der Waals surface area contributed by atoms with Gasteiger partial charge in [0, 0.05) is 18.6 Å². The van der Waals surface area contributed by atoms with Crippen molar-refractivity contribution in [3.63, 3.8) is 0 Å². The zero-order chi connectivity index (χ0) is 16.3. The summed E-state index contributed by atoms with van der Waals surface area (Å²) in [5.74, 6) is 0. The highest BCUT2D eigenvalue weighted by Crippen LogP contribution is 2.17. The summed E-state index contributed by atoms with van der Waals surface area (Å²) in [4.78, 5) is 2.31. The van der Waals surface area contributed by atoms with Gasteiger partial charge in [-0.1, -0.05) is 6.07 Å². The van der Waals surface area contributed by atoms with Crippen LogP contribution in [0.5, 0.6) is 0 Å². The van der Waals surface area contributed by atoms with Gasteiger partial charge in [0.15, 0.2) is 0 Å². The molecule has 21 heavy (non-hydrogen) atoms. The number of rotatable bonds is 7. The lowest BCUT2D eigenvalue weighted by atomic mass is 10.1. The summed E-state index contributed by atoms with van der Waals surface area (Å²) in [5.41, 5.74) is 1.83. The Morgan fingerprint density at radius 2 is 1.86 bits per heavy atom. The predicted molar refractivity (Wildman–Crippen MR) is 86.9 cm³/mol. The maximum absolute atomic E-state index is 12.4. The Kier molecular flexibility index (Phi) is 5.92. The van der Waals surface area contributed by atoms with Gasteiger partial charge in [-0.25, -0.2) is 13.1 Å². The van der Waals surface area contributed by atoms with E-state index in [9.17, 15) is 8.42 Å². The van der Waals surface area contributed by atoms with E-state index in [1.165, 1.54) is 0 Å². The molecule has 0 amide bonds. The van der Waals surface area contributed by atoms with E-state index >= 15 is 0 Å². The van der Waals surface area contributed by atoms with E-state index in [1.54, 1.807) is 12.1 Å². The molecule has 0 aromatic heterocycles. The number of sulfonamides is 1. The third-order valence-electron chi connectivity index (χ3n) is 3.90. The predicted octanol–water partition coefficient (Wildman–Crippen LogP) is 1.33. The molecule has 0 saturated heterocycles. The summed E-state index contributed by atoms with van der Waals surface area (Å²) in [5, 5.41) is 3.05. The highest BCUT2D eigenvalue weighted by atomic mass is 32.2. The first-order valence-corrected chi connectivity index (χ1v) is 8.50. The van der Waals surface area contributed by atoms with Gasteiger partial charge in [-0.15, -0.1) is 0 Å². The fraction of sp³-hybridized carbons (Fsp3) is 0.600. The monoisotopic (exact) mass is 313 g/mol. The molecule has 0 heterocycles. The molecule has 1 aromatic rings. The van der Waals surface area contributed by atoms with Crippen LogP contribution < -0.4 is 10.0 Å². The van der Waals surface area contributed by atoms with Gasteiger partial charge in [0.05, 0.1) is 4.90 Å². The van der Waals surface area contributed by atoms with Gasteiger partial charge in [0.1, 0.15) is 0 Å². The maximum atomic E-state index is 12.4. The van der Waals surface area contributed by atoms with E-state index in [4.69, 9.17) is 0 Å². The molecule has 5 nitrogen and oxygen atoms in total. The lowest BCUT2D eigenvalue weighted by Gasteiger charge is -2.32. The Balaban J connectivity index is 2.96. The maximum Gasteiger partial charge on any atom is 0.240 e. The molecule has 0 aliphatic rings. The van der Waals surface area contributed by atoms with Crippen LogP contribution in [0.3, 0.4) is 0 Å². The van der Waals surface area contributed by atoms with Gasteiger partial charge in [-0.3, -0.25) is 0 Å². The molecule has 0 atom stereocenters. The fourth-order valence-corrected chi connectivity index (χ4v) is 2.96. The molecular weight excluding hydrogens is 286 g/mol. The summed E-state index contributed by atoms with van der Waals surface area (Å²) >= 11 is 0. The van der Waals surface area contributed by atoms with E-state index in [1.807, 2.05) is 52.9 Å². The number of benzene rings is 1. The summed E-state index contributed by atoms with van der Waals surface area (Å²) in [6.07, 6.45) is 0. The van der Waals surface area contributed by atoms with Crippen LogP contribution in [0.15, 0.2) is 23.1 Å². The first-order valence-electron chi connectivity index (χ1n) is 7.01. The van der Waals surface area contributed by atoms with Gasteiger partial charge in [-0.05, 0) is 65.2 Å². The molecule has 2 N–H and O–H groups in total. The van der Waals surface area contributed by atoms with Gasteiger partial charge in [0.25, 0.3) is 0 Å². The summed E-state index contributed by atoms with van der Waals surface area (Å²) in [6.45, 7) is 6.98. The van der Waals surface area contributed by atoms with Crippen molar-refractivity contribution in [3.05, 3.63) is 29.3 Å². The first kappa shape index (κ1) is 18.1. The van der Waals surface area contributed by atoms with Crippen LogP contribution in [0.25, 0.3) is 0 Å². The average Bonchev–Trinajstić information content (AvgIpc) is 2.39. The Bertz CT molecular complexity index is 581. The lowest BCUT2D eigenvalue weighted by Crippen LogP contribution is -2.48. The zero-order valence-corrected chi connectivity index (χ0v) is 14.6. The quantitative estimate of drug-likeness (QED) is 0.797. The molecular formula is C15H27N3O2S. The minimum absolute atomic E-state index is 0.244. The Hall–Kier alpha value is -0.950. The number of aryl methyl sites for hydroxylation is 1. The second kappa shape index (κ2) is 6.87. The van der Waals surface area contributed by atoms with Crippen LogP contribution >= 0.6 is 0 Å². The van der Waals surface area contributed by atoms with E-state index in [0.717, 1.165) is 11.1 Å². The van der Waals surface area contributed by atoms with Crippen molar-refractivity contribution in [1.29, 1.82) is 0 Å². The van der Waals surface area contributed by atoms with Gasteiger partial charge >= 0.3 is 0 Å². The molecule has 0 bridgehead atoms. The van der Waals surface area contributed by atoms with Gasteiger partial charge < -0.3 is 10.2 Å². The molecule has 0 fully saturated rings. The smallest absolute Gasteiger partial charge is 0.240 e. The van der Waals surface area contributed by atoms with E-state index in [0.29, 0.717) is 18.0 Å². The molecule has 0 aliphatic heterocycles.